The van der Waals surface area contributed by atoms with Gasteiger partial charge in [0.2, 0.25) is 0 Å². The number of ether oxygens (including phenoxy) is 1. The number of aromatic amines is 1. The summed E-state index contributed by atoms with van der Waals surface area (Å²) in [5, 5.41) is 10.9. The number of piperidine rings is 2. The molecule has 2 amide bonds. The third-order valence-electron chi connectivity index (χ3n) is 9.12. The number of amides is 2. The normalized spacial score (nSPS) is 20.2. The van der Waals surface area contributed by atoms with Crippen molar-refractivity contribution in [3.8, 4) is 22.5 Å². The molecule has 10 heteroatoms. The molecule has 214 valence electrons. The van der Waals surface area contributed by atoms with Crippen molar-refractivity contribution in [2.24, 2.45) is 5.73 Å². The first-order valence-corrected chi connectivity index (χ1v) is 14.9. The molecule has 0 spiro atoms. The number of anilines is 2. The molecule has 1 aliphatic carbocycles. The van der Waals surface area contributed by atoms with Crippen LogP contribution in [0.15, 0.2) is 42.5 Å². The van der Waals surface area contributed by atoms with Crippen molar-refractivity contribution in [3.63, 3.8) is 0 Å². The third-order valence-corrected chi connectivity index (χ3v) is 9.12. The number of fused-ring (bicyclic) bond motifs is 3. The summed E-state index contributed by atoms with van der Waals surface area (Å²) in [6, 6.07) is 14.0. The Morgan fingerprint density at radius 3 is 2.37 bits per heavy atom. The Morgan fingerprint density at radius 2 is 1.66 bits per heavy atom. The lowest BCUT2D eigenvalue weighted by Gasteiger charge is -2.41. The lowest BCUT2D eigenvalue weighted by atomic mass is 9.99. The lowest BCUT2D eigenvalue weighted by Crippen LogP contribution is -2.54. The van der Waals surface area contributed by atoms with Crippen molar-refractivity contribution in [2.45, 2.75) is 38.1 Å². The summed E-state index contributed by atoms with van der Waals surface area (Å²) in [5.41, 5.74) is 11.4. The van der Waals surface area contributed by atoms with E-state index < -0.39 is 6.03 Å². The number of hydrazine groups is 1. The molecule has 3 aromatic rings. The van der Waals surface area contributed by atoms with E-state index in [0.29, 0.717) is 60.5 Å². The molecule has 3 N–H and O–H groups in total. The fourth-order valence-corrected chi connectivity index (χ4v) is 7.02. The first kappa shape index (κ1) is 26.2. The molecule has 0 bridgehead atoms. The fraction of sp³-hybridized carbons (Fsp3) is 0.452. The number of nitrogens with two attached hydrogens (primary N) is 1. The number of primary amides is 1. The number of H-pyrrole nitrogens is 1. The molecule has 10 nitrogen and oxygen atoms in total. The third kappa shape index (κ3) is 4.69. The first-order valence-electron chi connectivity index (χ1n) is 14.9. The fourth-order valence-electron chi connectivity index (χ4n) is 7.02. The van der Waals surface area contributed by atoms with Crippen LogP contribution >= 0.6 is 0 Å². The summed E-state index contributed by atoms with van der Waals surface area (Å²) in [7, 11) is 0. The molecule has 4 heterocycles. The van der Waals surface area contributed by atoms with Crippen LogP contribution in [-0.2, 0) is 4.74 Å². The molecular formula is C31H37N7O3. The van der Waals surface area contributed by atoms with E-state index in [9.17, 15) is 9.59 Å². The quantitative estimate of drug-likeness (QED) is 0.385. The average Bonchev–Trinajstić information content (AvgIpc) is 3.58. The van der Waals surface area contributed by atoms with Gasteiger partial charge in [0, 0.05) is 49.0 Å². The number of morpholine rings is 1. The second kappa shape index (κ2) is 10.9. The van der Waals surface area contributed by atoms with Gasteiger partial charge in [-0.1, -0.05) is 30.7 Å². The molecule has 3 aliphatic heterocycles. The summed E-state index contributed by atoms with van der Waals surface area (Å²) < 4.78 is 5.45. The number of carbonyl (C=O) groups is 2. The van der Waals surface area contributed by atoms with Crippen LogP contribution in [0.3, 0.4) is 0 Å². The number of nitrogens with zero attached hydrogens (tertiary/aromatic N) is 5. The zero-order chi connectivity index (χ0) is 27.9. The van der Waals surface area contributed by atoms with Crippen LogP contribution in [0.25, 0.3) is 22.5 Å². The van der Waals surface area contributed by atoms with Gasteiger partial charge in [-0.15, -0.1) is 0 Å². The number of nitrogens with one attached hydrogen (secondary N) is 1. The van der Waals surface area contributed by atoms with Gasteiger partial charge >= 0.3 is 6.03 Å². The van der Waals surface area contributed by atoms with E-state index in [1.807, 2.05) is 17.1 Å². The van der Waals surface area contributed by atoms with Gasteiger partial charge in [-0.05, 0) is 57.0 Å². The van der Waals surface area contributed by atoms with Crippen LogP contribution in [0.5, 0.6) is 0 Å². The molecule has 1 aromatic heterocycles. The standard InChI is InChI=1S/C31H37N7O3/c32-31(40)38(37-17-19-41-20-18-37)25-6-4-5-24-26(25)30(39)27-28(33-34-29(24)27)21-7-9-22(10-8-21)36-15-11-23(12-16-36)35-13-2-1-3-14-35/h4-10,23H,1-3,11-20H2,(H2,32,40)(H,33,34). The molecule has 3 saturated heterocycles. The minimum atomic E-state index is -0.627. The maximum absolute atomic E-state index is 14.0. The van der Waals surface area contributed by atoms with Gasteiger partial charge in [0.1, 0.15) is 5.69 Å². The SMILES string of the molecule is NC(=O)N(c1cccc2c1C(=O)c1c(-c3ccc(N4CCC(N5CCCCC5)CC4)cc3)n[nH]c1-2)N1CCOCC1. The molecule has 41 heavy (non-hydrogen) atoms. The molecule has 3 fully saturated rings. The van der Waals surface area contributed by atoms with E-state index in [1.165, 1.54) is 55.9 Å². The van der Waals surface area contributed by atoms with E-state index in [0.717, 1.165) is 24.2 Å². The van der Waals surface area contributed by atoms with Gasteiger partial charge in [0.25, 0.3) is 0 Å². The highest BCUT2D eigenvalue weighted by molar-refractivity contribution is 6.27. The number of hydrogen-bond donors (Lipinski definition) is 2. The Labute approximate surface area is 240 Å². The van der Waals surface area contributed by atoms with Crippen molar-refractivity contribution in [3.05, 3.63) is 53.6 Å². The Bertz CT molecular complexity index is 1430. The van der Waals surface area contributed by atoms with Crippen LogP contribution in [0.4, 0.5) is 16.2 Å². The number of rotatable bonds is 5. The number of ketones is 1. The number of aromatic nitrogens is 2. The highest BCUT2D eigenvalue weighted by Gasteiger charge is 2.38. The van der Waals surface area contributed by atoms with E-state index in [-0.39, 0.29) is 5.78 Å². The van der Waals surface area contributed by atoms with Gasteiger partial charge in [0.05, 0.1) is 35.7 Å². The van der Waals surface area contributed by atoms with E-state index in [4.69, 9.17) is 10.5 Å². The first-order chi connectivity index (χ1) is 20.1. The molecule has 0 radical (unpaired) electrons. The zero-order valence-corrected chi connectivity index (χ0v) is 23.3. The Kier molecular flexibility index (Phi) is 6.98. The maximum atomic E-state index is 14.0. The maximum Gasteiger partial charge on any atom is 0.334 e. The van der Waals surface area contributed by atoms with Crippen molar-refractivity contribution < 1.29 is 14.3 Å². The molecule has 0 atom stereocenters. The highest BCUT2D eigenvalue weighted by Crippen LogP contribution is 2.44. The topological polar surface area (TPSA) is 111 Å². The summed E-state index contributed by atoms with van der Waals surface area (Å²) >= 11 is 0. The number of likely N-dealkylation sites (tertiary alicyclic amines) is 1. The Hall–Kier alpha value is -3.73. The largest absolute Gasteiger partial charge is 0.379 e. The second-order valence-corrected chi connectivity index (χ2v) is 11.4. The van der Waals surface area contributed by atoms with Gasteiger partial charge in [-0.2, -0.15) is 5.10 Å². The summed E-state index contributed by atoms with van der Waals surface area (Å²) in [6.07, 6.45) is 6.46. The second-order valence-electron chi connectivity index (χ2n) is 11.4. The van der Waals surface area contributed by atoms with Gasteiger partial charge in [0.15, 0.2) is 5.78 Å². The van der Waals surface area contributed by atoms with Gasteiger partial charge < -0.3 is 20.3 Å². The molecule has 4 aliphatic rings. The van der Waals surface area contributed by atoms with Crippen molar-refractivity contribution >= 4 is 23.2 Å². The molecule has 0 unspecified atom stereocenters. The van der Waals surface area contributed by atoms with E-state index in [2.05, 4.69) is 44.3 Å². The molecule has 2 aromatic carbocycles. The molecule has 7 rings (SSSR count). The van der Waals surface area contributed by atoms with E-state index >= 15 is 0 Å². The smallest absolute Gasteiger partial charge is 0.334 e. The summed E-state index contributed by atoms with van der Waals surface area (Å²) in [6.45, 7) is 6.65. The summed E-state index contributed by atoms with van der Waals surface area (Å²) in [4.78, 5) is 31.7. The van der Waals surface area contributed by atoms with Crippen LogP contribution in [-0.4, -0.2) is 90.4 Å². The van der Waals surface area contributed by atoms with Crippen molar-refractivity contribution in [1.82, 2.24) is 20.1 Å². The Morgan fingerprint density at radius 1 is 0.927 bits per heavy atom. The molecule has 0 saturated carbocycles. The van der Waals surface area contributed by atoms with Crippen molar-refractivity contribution in [1.29, 1.82) is 0 Å². The van der Waals surface area contributed by atoms with Crippen LogP contribution in [0.1, 0.15) is 48.0 Å². The molecular weight excluding hydrogens is 518 g/mol. The average molecular weight is 556 g/mol. The minimum Gasteiger partial charge on any atom is -0.379 e. The van der Waals surface area contributed by atoms with Gasteiger partial charge in [-0.3, -0.25) is 9.89 Å². The lowest BCUT2D eigenvalue weighted by molar-refractivity contribution is 0.0364. The minimum absolute atomic E-state index is 0.155. The number of benzene rings is 2. The van der Waals surface area contributed by atoms with Gasteiger partial charge in [-0.25, -0.2) is 14.8 Å². The monoisotopic (exact) mass is 555 g/mol. The number of hydrogen-bond acceptors (Lipinski definition) is 7. The summed E-state index contributed by atoms with van der Waals surface area (Å²) in [5.74, 6) is -0.155. The van der Waals surface area contributed by atoms with Crippen LogP contribution in [0, 0.1) is 0 Å². The zero-order valence-electron chi connectivity index (χ0n) is 23.3. The predicted molar refractivity (Wildman–Crippen MR) is 158 cm³/mol. The number of urea groups is 1. The van der Waals surface area contributed by atoms with E-state index in [1.54, 1.807) is 6.07 Å². The highest BCUT2D eigenvalue weighted by atomic mass is 16.5. The number of carbonyl (C=O) groups excluding carboxylic acids is 2. The van der Waals surface area contributed by atoms with Crippen LogP contribution in [0.2, 0.25) is 0 Å². The van der Waals surface area contributed by atoms with Crippen LogP contribution < -0.4 is 15.6 Å². The van der Waals surface area contributed by atoms with Crippen molar-refractivity contribution in [2.75, 3.05) is 62.4 Å². The Balaban J connectivity index is 1.11. The predicted octanol–water partition coefficient (Wildman–Crippen LogP) is 3.88.